The molecule has 1 saturated heterocycles. The van der Waals surface area contributed by atoms with Crippen LogP contribution in [0, 0.1) is 0 Å². The summed E-state index contributed by atoms with van der Waals surface area (Å²) in [6, 6.07) is 34.4. The van der Waals surface area contributed by atoms with Crippen LogP contribution in [-0.4, -0.2) is 22.9 Å². The molecule has 168 valence electrons. The Bertz CT molecular complexity index is 1500. The minimum atomic E-state index is -0.400. The third kappa shape index (κ3) is 3.21. The molecule has 1 aliphatic rings. The molecule has 0 atom stereocenters. The standard InChI is InChI=1S/C30H28BNO2/c1-29(2)30(3,4)34-31(33-29)26-16-10-8-14-23(26)21-18-19-28-25(20-21)24-15-9-11-17-27(24)32(28)22-12-6-5-7-13-22/h5-20H,1-4H3. The van der Waals surface area contributed by atoms with Crippen LogP contribution >= 0.6 is 0 Å². The highest BCUT2D eigenvalue weighted by Crippen LogP contribution is 2.38. The maximum atomic E-state index is 6.41. The van der Waals surface area contributed by atoms with Crippen LogP contribution in [0.3, 0.4) is 0 Å². The maximum absolute atomic E-state index is 6.41. The van der Waals surface area contributed by atoms with E-state index in [0.717, 1.165) is 16.6 Å². The van der Waals surface area contributed by atoms with Gasteiger partial charge in [-0.15, -0.1) is 0 Å². The molecule has 0 spiro atoms. The number of hydrogen-bond acceptors (Lipinski definition) is 2. The topological polar surface area (TPSA) is 23.4 Å². The SMILES string of the molecule is CC1(C)OB(c2ccccc2-c2ccc3c(c2)c2ccccc2n3-c2ccccc2)OC1(C)C. The van der Waals surface area contributed by atoms with Crippen LogP contribution in [0.15, 0.2) is 97.1 Å². The zero-order valence-corrected chi connectivity index (χ0v) is 20.1. The van der Waals surface area contributed by atoms with Crippen LogP contribution < -0.4 is 5.46 Å². The van der Waals surface area contributed by atoms with Crippen molar-refractivity contribution in [1.29, 1.82) is 0 Å². The zero-order valence-electron chi connectivity index (χ0n) is 20.1. The predicted molar refractivity (Wildman–Crippen MR) is 142 cm³/mol. The molecule has 6 rings (SSSR count). The molecule has 2 heterocycles. The van der Waals surface area contributed by atoms with E-state index in [-0.39, 0.29) is 11.2 Å². The van der Waals surface area contributed by atoms with Gasteiger partial charge in [0, 0.05) is 16.5 Å². The van der Waals surface area contributed by atoms with E-state index in [1.807, 2.05) is 0 Å². The molecule has 1 aromatic heterocycles. The lowest BCUT2D eigenvalue weighted by molar-refractivity contribution is 0.00578. The first-order valence-corrected chi connectivity index (χ1v) is 11.9. The molecule has 0 unspecified atom stereocenters. The van der Waals surface area contributed by atoms with Crippen LogP contribution in [0.2, 0.25) is 0 Å². The Hall–Kier alpha value is -3.34. The number of fused-ring (bicyclic) bond motifs is 3. The Morgan fingerprint density at radius 3 is 2.00 bits per heavy atom. The van der Waals surface area contributed by atoms with Crippen molar-refractivity contribution in [2.45, 2.75) is 38.9 Å². The van der Waals surface area contributed by atoms with Crippen molar-refractivity contribution in [2.75, 3.05) is 0 Å². The zero-order chi connectivity index (χ0) is 23.5. The van der Waals surface area contributed by atoms with Gasteiger partial charge in [-0.2, -0.15) is 0 Å². The third-order valence-electron chi connectivity index (χ3n) is 7.47. The quantitative estimate of drug-likeness (QED) is 0.287. The molecule has 34 heavy (non-hydrogen) atoms. The lowest BCUT2D eigenvalue weighted by Crippen LogP contribution is -2.41. The van der Waals surface area contributed by atoms with Crippen molar-refractivity contribution in [3.8, 4) is 16.8 Å². The largest absolute Gasteiger partial charge is 0.495 e. The Kier molecular flexibility index (Phi) is 4.74. The summed E-state index contributed by atoms with van der Waals surface area (Å²) in [4.78, 5) is 0. The minimum absolute atomic E-state index is 0.377. The van der Waals surface area contributed by atoms with E-state index >= 15 is 0 Å². The Labute approximate surface area is 201 Å². The van der Waals surface area contributed by atoms with Crippen molar-refractivity contribution in [3.63, 3.8) is 0 Å². The highest BCUT2D eigenvalue weighted by atomic mass is 16.7. The van der Waals surface area contributed by atoms with Crippen molar-refractivity contribution in [3.05, 3.63) is 97.1 Å². The monoisotopic (exact) mass is 445 g/mol. The molecule has 5 aromatic rings. The van der Waals surface area contributed by atoms with Crippen LogP contribution in [0.25, 0.3) is 38.6 Å². The van der Waals surface area contributed by atoms with Crippen LogP contribution in [0.1, 0.15) is 27.7 Å². The molecule has 0 amide bonds. The summed E-state index contributed by atoms with van der Waals surface area (Å²) in [5, 5.41) is 2.48. The highest BCUT2D eigenvalue weighted by Gasteiger charge is 2.52. The molecule has 0 radical (unpaired) electrons. The molecule has 0 saturated carbocycles. The summed E-state index contributed by atoms with van der Waals surface area (Å²) in [5.74, 6) is 0. The third-order valence-corrected chi connectivity index (χ3v) is 7.47. The highest BCUT2D eigenvalue weighted by molar-refractivity contribution is 6.63. The van der Waals surface area contributed by atoms with Gasteiger partial charge >= 0.3 is 7.12 Å². The van der Waals surface area contributed by atoms with Gasteiger partial charge in [0.2, 0.25) is 0 Å². The molecule has 1 aliphatic heterocycles. The minimum Gasteiger partial charge on any atom is -0.399 e. The van der Waals surface area contributed by atoms with Crippen molar-refractivity contribution in [1.82, 2.24) is 4.57 Å². The Morgan fingerprint density at radius 1 is 0.618 bits per heavy atom. The van der Waals surface area contributed by atoms with E-state index in [2.05, 4.69) is 129 Å². The summed E-state index contributed by atoms with van der Waals surface area (Å²) < 4.78 is 15.2. The lowest BCUT2D eigenvalue weighted by atomic mass is 9.74. The molecule has 1 fully saturated rings. The number of aromatic nitrogens is 1. The first kappa shape index (κ1) is 21.2. The Morgan fingerprint density at radius 2 is 1.24 bits per heavy atom. The fraction of sp³-hybridized carbons (Fsp3) is 0.200. The number of nitrogens with zero attached hydrogens (tertiary/aromatic N) is 1. The van der Waals surface area contributed by atoms with E-state index in [1.54, 1.807) is 0 Å². The summed E-state index contributed by atoms with van der Waals surface area (Å²) >= 11 is 0. The van der Waals surface area contributed by atoms with Gasteiger partial charge in [0.05, 0.1) is 22.2 Å². The first-order chi connectivity index (χ1) is 16.4. The van der Waals surface area contributed by atoms with E-state index in [9.17, 15) is 0 Å². The Balaban J connectivity index is 1.53. The molecule has 0 bridgehead atoms. The van der Waals surface area contributed by atoms with Crippen LogP contribution in [0.4, 0.5) is 0 Å². The molecule has 0 N–H and O–H groups in total. The summed E-state index contributed by atoms with van der Waals surface area (Å²) in [7, 11) is -0.400. The maximum Gasteiger partial charge on any atom is 0.495 e. The lowest BCUT2D eigenvalue weighted by Gasteiger charge is -2.32. The van der Waals surface area contributed by atoms with Gasteiger partial charge in [-0.05, 0) is 74.6 Å². The van der Waals surface area contributed by atoms with Gasteiger partial charge in [0.1, 0.15) is 0 Å². The van der Waals surface area contributed by atoms with Crippen molar-refractivity contribution < 1.29 is 9.31 Å². The molecule has 3 nitrogen and oxygen atoms in total. The van der Waals surface area contributed by atoms with Gasteiger partial charge in [-0.25, -0.2) is 0 Å². The summed E-state index contributed by atoms with van der Waals surface area (Å²) in [5.41, 5.74) is 6.18. The van der Waals surface area contributed by atoms with Crippen LogP contribution in [0.5, 0.6) is 0 Å². The fourth-order valence-electron chi connectivity index (χ4n) is 4.93. The average Bonchev–Trinajstić information content (AvgIpc) is 3.28. The molecular formula is C30H28BNO2. The summed E-state index contributed by atoms with van der Waals surface area (Å²) in [6.07, 6.45) is 0. The number of para-hydroxylation sites is 2. The van der Waals surface area contributed by atoms with E-state index in [0.29, 0.717) is 0 Å². The second-order valence-corrected chi connectivity index (χ2v) is 10.1. The van der Waals surface area contributed by atoms with Gasteiger partial charge in [-0.3, -0.25) is 0 Å². The molecular weight excluding hydrogens is 417 g/mol. The number of benzene rings is 4. The predicted octanol–water partition coefficient (Wildman–Crippen LogP) is 6.75. The second-order valence-electron chi connectivity index (χ2n) is 10.1. The second kappa shape index (κ2) is 7.59. The average molecular weight is 445 g/mol. The fourth-order valence-corrected chi connectivity index (χ4v) is 4.93. The number of hydrogen-bond donors (Lipinski definition) is 0. The number of rotatable bonds is 3. The normalized spacial score (nSPS) is 17.0. The van der Waals surface area contributed by atoms with Gasteiger partial charge < -0.3 is 13.9 Å². The molecule has 0 aliphatic carbocycles. The van der Waals surface area contributed by atoms with Gasteiger partial charge in [0.15, 0.2) is 0 Å². The van der Waals surface area contributed by atoms with E-state index in [4.69, 9.17) is 9.31 Å². The van der Waals surface area contributed by atoms with E-state index < -0.39 is 7.12 Å². The molecule has 4 aromatic carbocycles. The van der Waals surface area contributed by atoms with Gasteiger partial charge in [0.25, 0.3) is 0 Å². The van der Waals surface area contributed by atoms with E-state index in [1.165, 1.54) is 27.5 Å². The molecule has 4 heteroatoms. The van der Waals surface area contributed by atoms with Crippen molar-refractivity contribution >= 4 is 34.4 Å². The first-order valence-electron chi connectivity index (χ1n) is 11.9. The smallest absolute Gasteiger partial charge is 0.399 e. The van der Waals surface area contributed by atoms with Crippen LogP contribution in [-0.2, 0) is 9.31 Å². The van der Waals surface area contributed by atoms with Crippen molar-refractivity contribution in [2.24, 2.45) is 0 Å². The summed E-state index contributed by atoms with van der Waals surface area (Å²) in [6.45, 7) is 8.39. The van der Waals surface area contributed by atoms with Gasteiger partial charge in [-0.1, -0.05) is 66.7 Å².